The molecule has 1 atom stereocenters. The van der Waals surface area contributed by atoms with Gasteiger partial charge >= 0.3 is 0 Å². The number of rotatable bonds is 9. The molecule has 0 saturated carbocycles. The van der Waals surface area contributed by atoms with Crippen LogP contribution in [0.4, 0.5) is 0 Å². The van der Waals surface area contributed by atoms with Crippen molar-refractivity contribution < 1.29 is 9.84 Å². The summed E-state index contributed by atoms with van der Waals surface area (Å²) in [5.41, 5.74) is 1.14. The van der Waals surface area contributed by atoms with Crippen LogP contribution in [0.5, 0.6) is 0 Å². The molecular weight excluding hydrogens is 264 g/mol. The molecule has 1 heterocycles. The summed E-state index contributed by atoms with van der Waals surface area (Å²) in [7, 11) is 0. The number of piperidine rings is 1. The molecule has 2 rings (SSSR count). The lowest BCUT2D eigenvalue weighted by Crippen LogP contribution is -2.38. The minimum Gasteiger partial charge on any atom is -0.389 e. The summed E-state index contributed by atoms with van der Waals surface area (Å²) in [4.78, 5) is 2.49. The van der Waals surface area contributed by atoms with E-state index < -0.39 is 6.10 Å². The van der Waals surface area contributed by atoms with Crippen molar-refractivity contribution in [2.45, 2.75) is 32.0 Å². The van der Waals surface area contributed by atoms with Crippen molar-refractivity contribution in [3.8, 4) is 0 Å². The molecule has 1 aromatic carbocycles. The summed E-state index contributed by atoms with van der Waals surface area (Å²) < 4.78 is 5.53. The molecule has 1 unspecified atom stereocenters. The number of hydrogen-bond donors (Lipinski definition) is 2. The second-order valence-electron chi connectivity index (χ2n) is 5.76. The van der Waals surface area contributed by atoms with Crippen molar-refractivity contribution in [3.63, 3.8) is 0 Å². The maximum Gasteiger partial charge on any atom is 0.0897 e. The number of benzene rings is 1. The topological polar surface area (TPSA) is 44.7 Å². The molecule has 0 aliphatic carbocycles. The van der Waals surface area contributed by atoms with Crippen molar-refractivity contribution in [3.05, 3.63) is 35.9 Å². The van der Waals surface area contributed by atoms with E-state index in [1.165, 1.54) is 32.4 Å². The number of likely N-dealkylation sites (tertiary alicyclic amines) is 1. The highest BCUT2D eigenvalue weighted by atomic mass is 16.5. The van der Waals surface area contributed by atoms with Gasteiger partial charge in [-0.1, -0.05) is 36.8 Å². The van der Waals surface area contributed by atoms with Gasteiger partial charge in [-0.05, 0) is 31.5 Å². The van der Waals surface area contributed by atoms with Crippen LogP contribution in [-0.2, 0) is 11.3 Å². The minimum atomic E-state index is -0.435. The summed E-state index contributed by atoms with van der Waals surface area (Å²) in [5, 5.41) is 13.2. The van der Waals surface area contributed by atoms with E-state index in [0.29, 0.717) is 19.8 Å². The lowest BCUT2D eigenvalue weighted by atomic mass is 10.1. The Labute approximate surface area is 128 Å². The molecule has 0 radical (unpaired) electrons. The van der Waals surface area contributed by atoms with Crippen LogP contribution in [-0.4, -0.2) is 55.4 Å². The van der Waals surface area contributed by atoms with Crippen molar-refractivity contribution in [1.82, 2.24) is 10.2 Å². The zero-order valence-corrected chi connectivity index (χ0v) is 12.8. The van der Waals surface area contributed by atoms with Gasteiger partial charge in [-0.25, -0.2) is 0 Å². The molecule has 0 amide bonds. The van der Waals surface area contributed by atoms with Crippen LogP contribution in [0.2, 0.25) is 0 Å². The molecule has 4 heteroatoms. The van der Waals surface area contributed by atoms with Gasteiger partial charge in [0.1, 0.15) is 0 Å². The average molecular weight is 292 g/mol. The quantitative estimate of drug-likeness (QED) is 0.679. The van der Waals surface area contributed by atoms with Crippen molar-refractivity contribution in [2.75, 3.05) is 39.3 Å². The first-order chi connectivity index (χ1) is 10.3. The van der Waals surface area contributed by atoms with Gasteiger partial charge in [0.25, 0.3) is 0 Å². The van der Waals surface area contributed by atoms with Gasteiger partial charge in [0.2, 0.25) is 0 Å². The van der Waals surface area contributed by atoms with Crippen LogP contribution in [0.3, 0.4) is 0 Å². The summed E-state index contributed by atoms with van der Waals surface area (Å²) in [5.74, 6) is 0. The molecule has 1 fully saturated rings. The fourth-order valence-corrected chi connectivity index (χ4v) is 2.63. The Kier molecular flexibility index (Phi) is 7.75. The number of ether oxygens (including phenoxy) is 1. The van der Waals surface area contributed by atoms with Gasteiger partial charge in [-0.15, -0.1) is 0 Å². The molecule has 0 aromatic heterocycles. The molecule has 0 bridgehead atoms. The largest absolute Gasteiger partial charge is 0.389 e. The van der Waals surface area contributed by atoms with Crippen LogP contribution >= 0.6 is 0 Å². The fourth-order valence-electron chi connectivity index (χ4n) is 2.63. The Morgan fingerprint density at radius 1 is 1.14 bits per heavy atom. The van der Waals surface area contributed by atoms with E-state index in [2.05, 4.69) is 10.2 Å². The first kappa shape index (κ1) is 16.4. The van der Waals surface area contributed by atoms with Gasteiger partial charge in [-0.2, -0.15) is 0 Å². The molecule has 1 aromatic rings. The van der Waals surface area contributed by atoms with E-state index in [1.807, 2.05) is 30.3 Å². The van der Waals surface area contributed by atoms with Gasteiger partial charge in [-0.3, -0.25) is 0 Å². The summed E-state index contributed by atoms with van der Waals surface area (Å²) in [6, 6.07) is 10.0. The Hall–Kier alpha value is -0.940. The van der Waals surface area contributed by atoms with Crippen LogP contribution in [0.1, 0.15) is 24.8 Å². The van der Waals surface area contributed by atoms with E-state index in [0.717, 1.165) is 18.7 Å². The lowest BCUT2D eigenvalue weighted by molar-refractivity contribution is 0.0286. The minimum absolute atomic E-state index is 0.381. The number of hydrogen-bond acceptors (Lipinski definition) is 4. The maximum absolute atomic E-state index is 9.86. The predicted molar refractivity (Wildman–Crippen MR) is 85.3 cm³/mol. The SMILES string of the molecule is OC(CNCCN1CCCCC1)COCc1ccccc1. The van der Waals surface area contributed by atoms with E-state index in [9.17, 15) is 5.11 Å². The van der Waals surface area contributed by atoms with Gasteiger partial charge in [0, 0.05) is 19.6 Å². The normalized spacial score (nSPS) is 17.8. The molecule has 118 valence electrons. The Balaban J connectivity index is 1.46. The van der Waals surface area contributed by atoms with Crippen LogP contribution < -0.4 is 5.32 Å². The maximum atomic E-state index is 9.86. The Morgan fingerprint density at radius 2 is 1.90 bits per heavy atom. The molecule has 4 nitrogen and oxygen atoms in total. The average Bonchev–Trinajstić information content (AvgIpc) is 2.54. The van der Waals surface area contributed by atoms with Gasteiger partial charge in [0.05, 0.1) is 19.3 Å². The smallest absolute Gasteiger partial charge is 0.0897 e. The standard InChI is InChI=1S/C17H28N2O2/c20-17(15-21-14-16-7-3-1-4-8-16)13-18-9-12-19-10-5-2-6-11-19/h1,3-4,7-8,17-18,20H,2,5-6,9-15H2. The third-order valence-corrected chi connectivity index (χ3v) is 3.86. The molecule has 1 aliphatic rings. The molecule has 2 N–H and O–H groups in total. The fraction of sp³-hybridized carbons (Fsp3) is 0.647. The zero-order valence-electron chi connectivity index (χ0n) is 12.8. The Bertz CT molecular complexity index is 366. The monoisotopic (exact) mass is 292 g/mol. The first-order valence-corrected chi connectivity index (χ1v) is 8.07. The molecule has 21 heavy (non-hydrogen) atoms. The summed E-state index contributed by atoms with van der Waals surface area (Å²) in [6.07, 6.45) is 3.60. The third-order valence-electron chi connectivity index (χ3n) is 3.86. The number of aliphatic hydroxyl groups is 1. The predicted octanol–water partition coefficient (Wildman–Crippen LogP) is 1.64. The molecular formula is C17H28N2O2. The summed E-state index contributed by atoms with van der Waals surface area (Å²) >= 11 is 0. The highest BCUT2D eigenvalue weighted by molar-refractivity contribution is 5.13. The second kappa shape index (κ2) is 9.90. The molecule has 1 saturated heterocycles. The van der Waals surface area contributed by atoms with Crippen LogP contribution in [0.25, 0.3) is 0 Å². The van der Waals surface area contributed by atoms with Gasteiger partial charge in [0.15, 0.2) is 0 Å². The Morgan fingerprint density at radius 3 is 2.67 bits per heavy atom. The number of nitrogens with one attached hydrogen (secondary N) is 1. The van der Waals surface area contributed by atoms with E-state index in [4.69, 9.17) is 4.74 Å². The van der Waals surface area contributed by atoms with Crippen LogP contribution in [0.15, 0.2) is 30.3 Å². The number of aliphatic hydroxyl groups excluding tert-OH is 1. The summed E-state index contributed by atoms with van der Waals surface area (Å²) in [6.45, 7) is 6.02. The van der Waals surface area contributed by atoms with Crippen molar-refractivity contribution in [2.24, 2.45) is 0 Å². The third kappa shape index (κ3) is 7.05. The molecule has 0 spiro atoms. The zero-order chi connectivity index (χ0) is 14.8. The highest BCUT2D eigenvalue weighted by Crippen LogP contribution is 2.07. The first-order valence-electron chi connectivity index (χ1n) is 8.07. The van der Waals surface area contributed by atoms with E-state index in [1.54, 1.807) is 0 Å². The highest BCUT2D eigenvalue weighted by Gasteiger charge is 2.09. The van der Waals surface area contributed by atoms with Crippen molar-refractivity contribution >= 4 is 0 Å². The lowest BCUT2D eigenvalue weighted by Gasteiger charge is -2.26. The van der Waals surface area contributed by atoms with E-state index in [-0.39, 0.29) is 0 Å². The molecule has 1 aliphatic heterocycles. The van der Waals surface area contributed by atoms with Crippen molar-refractivity contribution in [1.29, 1.82) is 0 Å². The number of nitrogens with zero attached hydrogens (tertiary/aromatic N) is 1. The van der Waals surface area contributed by atoms with Crippen LogP contribution in [0, 0.1) is 0 Å². The van der Waals surface area contributed by atoms with E-state index >= 15 is 0 Å². The second-order valence-corrected chi connectivity index (χ2v) is 5.76. The van der Waals surface area contributed by atoms with Gasteiger partial charge < -0.3 is 20.1 Å².